The van der Waals surface area contributed by atoms with Gasteiger partial charge in [0.05, 0.1) is 12.3 Å². The smallest absolute Gasteiger partial charge is 0.491 e. The normalized spacial score (nSPS) is 24.4. The quantitative estimate of drug-likeness (QED) is 0.365. The highest BCUT2D eigenvalue weighted by molar-refractivity contribution is 8.00. The van der Waals surface area contributed by atoms with Gasteiger partial charge in [0.15, 0.2) is 0 Å². The van der Waals surface area contributed by atoms with Gasteiger partial charge in [-0.05, 0) is 31.7 Å². The van der Waals surface area contributed by atoms with Gasteiger partial charge in [-0.25, -0.2) is 22.4 Å². The van der Waals surface area contributed by atoms with Crippen LogP contribution >= 0.6 is 11.8 Å². The van der Waals surface area contributed by atoms with Crippen molar-refractivity contribution < 1.29 is 31.1 Å². The first-order valence-corrected chi connectivity index (χ1v) is 12.5. The van der Waals surface area contributed by atoms with Gasteiger partial charge in [0.1, 0.15) is 6.04 Å². The van der Waals surface area contributed by atoms with E-state index in [-0.39, 0.29) is 31.3 Å². The lowest BCUT2D eigenvalue weighted by Gasteiger charge is -2.34. The summed E-state index contributed by atoms with van der Waals surface area (Å²) >= 11 is 0.911. The number of nitriles is 1. The van der Waals surface area contributed by atoms with Crippen LogP contribution in [0.5, 0.6) is 0 Å². The van der Waals surface area contributed by atoms with E-state index in [0.29, 0.717) is 37.5 Å². The van der Waals surface area contributed by atoms with Crippen molar-refractivity contribution in [2.24, 2.45) is 5.92 Å². The van der Waals surface area contributed by atoms with Crippen LogP contribution < -0.4 is 5.43 Å². The van der Waals surface area contributed by atoms with Crippen LogP contribution in [0.25, 0.3) is 0 Å². The van der Waals surface area contributed by atoms with Crippen LogP contribution in [0.3, 0.4) is 0 Å². The molecule has 0 bridgehead atoms. The van der Waals surface area contributed by atoms with Gasteiger partial charge < -0.3 is 15.1 Å². The van der Waals surface area contributed by atoms with Crippen molar-refractivity contribution in [3.8, 4) is 6.07 Å². The Morgan fingerprint density at radius 1 is 1.39 bits per heavy atom. The second kappa shape index (κ2) is 11.1. The Hall–Kier alpha value is -1.15. The van der Waals surface area contributed by atoms with Crippen molar-refractivity contribution in [2.75, 3.05) is 44.7 Å². The van der Waals surface area contributed by atoms with Gasteiger partial charge in [0, 0.05) is 31.9 Å². The average Bonchev–Trinajstić information content (AvgIpc) is 3.07. The summed E-state index contributed by atoms with van der Waals surface area (Å²) < 4.78 is 66.2. The molecule has 2 unspecified atom stereocenters. The predicted molar refractivity (Wildman–Crippen MR) is 106 cm³/mol. The van der Waals surface area contributed by atoms with E-state index in [9.17, 15) is 31.6 Å². The second-order valence-electron chi connectivity index (χ2n) is 7.33. The number of nitrogens with one attached hydrogen (secondary N) is 1. The fourth-order valence-corrected chi connectivity index (χ4v) is 5.44. The Bertz CT molecular complexity index is 756. The van der Waals surface area contributed by atoms with Crippen molar-refractivity contribution in [1.29, 1.82) is 5.26 Å². The molecule has 0 aromatic rings. The fourth-order valence-electron chi connectivity index (χ4n) is 3.36. The average molecular weight is 489 g/mol. The van der Waals surface area contributed by atoms with E-state index in [4.69, 9.17) is 5.26 Å². The predicted octanol–water partition coefficient (Wildman–Crippen LogP) is 0.683. The van der Waals surface area contributed by atoms with Crippen LogP contribution in [0, 0.1) is 22.5 Å². The summed E-state index contributed by atoms with van der Waals surface area (Å²) in [6.45, 7) is 1.10. The van der Waals surface area contributed by atoms with Crippen LogP contribution in [0.1, 0.15) is 19.3 Å². The first-order chi connectivity index (χ1) is 14.4. The van der Waals surface area contributed by atoms with Gasteiger partial charge in [-0.15, -0.1) is 0 Å². The number of rotatable bonds is 9. The molecule has 2 aliphatic heterocycles. The molecule has 0 aromatic heterocycles. The van der Waals surface area contributed by atoms with E-state index in [1.54, 1.807) is 0 Å². The molecule has 2 heterocycles. The van der Waals surface area contributed by atoms with E-state index in [1.807, 2.05) is 6.07 Å². The summed E-state index contributed by atoms with van der Waals surface area (Å²) in [5.74, 6) is -1.92. The van der Waals surface area contributed by atoms with Gasteiger partial charge in [0.2, 0.25) is 15.6 Å². The number of halogens is 3. The summed E-state index contributed by atoms with van der Waals surface area (Å²) in [6, 6.07) is 1.20. The van der Waals surface area contributed by atoms with E-state index < -0.39 is 33.8 Å². The van der Waals surface area contributed by atoms with Crippen molar-refractivity contribution >= 4 is 27.8 Å². The third-order valence-electron chi connectivity index (χ3n) is 5.10. The molecule has 178 valence electrons. The number of hydrogen-bond acceptors (Lipinski definition) is 10. The fraction of sp³-hybridized carbons (Fsp3) is 0.875. The molecule has 2 atom stereocenters. The topological polar surface area (TPSA) is 129 Å². The van der Waals surface area contributed by atoms with Crippen molar-refractivity contribution in [3.05, 3.63) is 5.21 Å². The summed E-state index contributed by atoms with van der Waals surface area (Å²) in [5, 5.41) is 21.8. The molecule has 0 spiro atoms. The zero-order valence-electron chi connectivity index (χ0n) is 16.9. The maximum absolute atomic E-state index is 12.4. The lowest BCUT2D eigenvalue weighted by Crippen LogP contribution is -2.46. The number of hydrogen-bond donors (Lipinski definition) is 1. The van der Waals surface area contributed by atoms with Crippen molar-refractivity contribution in [2.45, 2.75) is 37.0 Å². The molecule has 2 aliphatic rings. The Labute approximate surface area is 183 Å². The van der Waals surface area contributed by atoms with E-state index >= 15 is 0 Å². The zero-order chi connectivity index (χ0) is 23.2. The van der Waals surface area contributed by atoms with Crippen LogP contribution in [-0.2, 0) is 19.6 Å². The minimum atomic E-state index is -5.13. The minimum Gasteiger partial charge on any atom is -0.772 e. The van der Waals surface area contributed by atoms with Crippen molar-refractivity contribution in [3.63, 3.8) is 0 Å². The van der Waals surface area contributed by atoms with Gasteiger partial charge in [-0.1, -0.05) is 11.8 Å². The van der Waals surface area contributed by atoms with E-state index in [1.165, 1.54) is 15.5 Å². The summed E-state index contributed by atoms with van der Waals surface area (Å²) in [7, 11) is -3.20. The minimum absolute atomic E-state index is 0.0342. The molecular weight excluding hydrogens is 463 g/mol. The number of sulfonamides is 1. The van der Waals surface area contributed by atoms with Crippen LogP contribution in [0.2, 0.25) is 0 Å². The van der Waals surface area contributed by atoms with Gasteiger partial charge in [-0.2, -0.15) is 18.4 Å². The standard InChI is InChI=1S/C16H25F3N5O5S2/c1-31(27,28)22-6-2-12(3-7-22)4-8-24(26)21-5-9-23-13(10-20)11-30-15(23)29-14(25)16(17,18)19/h12-13,15,21H,2-9,11H2,1H3/q-1. The van der Waals surface area contributed by atoms with E-state index in [0.717, 1.165) is 11.8 Å². The maximum atomic E-state index is 12.4. The van der Waals surface area contributed by atoms with Crippen LogP contribution in [0.4, 0.5) is 13.2 Å². The van der Waals surface area contributed by atoms with E-state index in [2.05, 4.69) is 10.2 Å². The number of carbonyl (C=O) groups is 1. The number of hydrazine groups is 1. The number of ether oxygens (including phenoxy) is 1. The Morgan fingerprint density at radius 3 is 2.58 bits per heavy atom. The SMILES string of the molecule is CS(=O)(=O)N1CCC(CCN([O-])NCCN2C(C#N)CSC2OC(=O)C(F)(F)F)CC1. The lowest BCUT2D eigenvalue weighted by atomic mass is 9.95. The summed E-state index contributed by atoms with van der Waals surface area (Å²) in [4.78, 5) is 12.4. The summed E-state index contributed by atoms with van der Waals surface area (Å²) in [5.41, 5.74) is 1.33. The monoisotopic (exact) mass is 488 g/mol. The van der Waals surface area contributed by atoms with Gasteiger partial charge in [0.25, 0.3) is 0 Å². The number of hydroxylamine groups is 1. The molecule has 15 heteroatoms. The molecule has 0 radical (unpaired) electrons. The third-order valence-corrected chi connectivity index (χ3v) is 7.56. The highest BCUT2D eigenvalue weighted by Crippen LogP contribution is 2.31. The molecule has 2 saturated heterocycles. The van der Waals surface area contributed by atoms with Crippen LogP contribution in [-0.4, -0.2) is 91.3 Å². The molecule has 0 amide bonds. The number of thioether (sulfide) groups is 1. The first kappa shape index (κ1) is 26.1. The number of esters is 1. The molecule has 10 nitrogen and oxygen atoms in total. The molecule has 1 N–H and O–H groups in total. The van der Waals surface area contributed by atoms with Crippen LogP contribution in [0.15, 0.2) is 0 Å². The number of alkyl halides is 3. The number of carbonyl (C=O) groups excluding carboxylic acids is 1. The highest BCUT2D eigenvalue weighted by Gasteiger charge is 2.45. The number of piperidine rings is 1. The Kier molecular flexibility index (Phi) is 9.37. The van der Waals surface area contributed by atoms with Crippen molar-refractivity contribution in [1.82, 2.24) is 19.8 Å². The second-order valence-corrected chi connectivity index (χ2v) is 10.4. The summed E-state index contributed by atoms with van der Waals surface area (Å²) in [6.07, 6.45) is -2.05. The molecule has 31 heavy (non-hydrogen) atoms. The molecule has 0 saturated carbocycles. The highest BCUT2D eigenvalue weighted by atomic mass is 32.2. The molecule has 0 aliphatic carbocycles. The number of nitrogens with zero attached hydrogens (tertiary/aromatic N) is 4. The largest absolute Gasteiger partial charge is 0.772 e. The first-order valence-electron chi connectivity index (χ1n) is 9.60. The Morgan fingerprint density at radius 2 is 2.03 bits per heavy atom. The molecule has 2 rings (SSSR count). The zero-order valence-corrected chi connectivity index (χ0v) is 18.5. The third kappa shape index (κ3) is 8.04. The molecular formula is C16H25F3N5O5S2-. The molecule has 0 aromatic carbocycles. The Balaban J connectivity index is 1.72. The molecule has 2 fully saturated rings. The lowest BCUT2D eigenvalue weighted by molar-refractivity contribution is -0.206. The van der Waals surface area contributed by atoms with Gasteiger partial charge >= 0.3 is 12.1 Å². The maximum Gasteiger partial charge on any atom is 0.491 e. The van der Waals surface area contributed by atoms with Gasteiger partial charge in [-0.3, -0.25) is 5.43 Å².